The maximum Gasteiger partial charge on any atom is 0.270 e. The predicted octanol–water partition coefficient (Wildman–Crippen LogP) is 3.66. The van der Waals surface area contributed by atoms with Crippen LogP contribution in [0.25, 0.3) is 10.8 Å². The van der Waals surface area contributed by atoms with Gasteiger partial charge in [-0.05, 0) is 24.3 Å². The summed E-state index contributed by atoms with van der Waals surface area (Å²) in [5.41, 5.74) is 0.358. The lowest BCUT2D eigenvalue weighted by molar-refractivity contribution is 0.0925. The number of aromatic nitrogens is 1. The van der Waals surface area contributed by atoms with Crippen LogP contribution in [0.4, 0.5) is 0 Å². The van der Waals surface area contributed by atoms with Crippen molar-refractivity contribution in [3.63, 3.8) is 0 Å². The number of carbonyl (C=O) groups is 1. The molecule has 0 spiro atoms. The molecular weight excluding hydrogens is 260 g/mol. The van der Waals surface area contributed by atoms with Crippen LogP contribution in [0.2, 0.25) is 5.15 Å². The third kappa shape index (κ3) is 3.04. The lowest BCUT2D eigenvalue weighted by Gasteiger charge is -2.17. The van der Waals surface area contributed by atoms with E-state index in [1.807, 2.05) is 31.2 Å². The van der Waals surface area contributed by atoms with Gasteiger partial charge in [-0.1, -0.05) is 49.7 Å². The van der Waals surface area contributed by atoms with E-state index in [-0.39, 0.29) is 11.9 Å². The van der Waals surface area contributed by atoms with Crippen LogP contribution >= 0.6 is 11.6 Å². The number of nitrogens with one attached hydrogen (secondary N) is 1. The van der Waals surface area contributed by atoms with Gasteiger partial charge in [0.05, 0.1) is 0 Å². The van der Waals surface area contributed by atoms with Crippen LogP contribution in [-0.4, -0.2) is 16.9 Å². The first-order chi connectivity index (χ1) is 8.99. The molecular formula is C15H17ClN2O. The molecule has 1 aromatic heterocycles. The summed E-state index contributed by atoms with van der Waals surface area (Å²) >= 11 is 6.11. The second kappa shape index (κ2) is 5.57. The van der Waals surface area contributed by atoms with Gasteiger partial charge in [0.1, 0.15) is 10.8 Å². The number of hydrogen-bond acceptors (Lipinski definition) is 2. The number of hydrogen-bond donors (Lipinski definition) is 1. The number of benzene rings is 1. The Kier molecular flexibility index (Phi) is 4.05. The first kappa shape index (κ1) is 13.8. The summed E-state index contributed by atoms with van der Waals surface area (Å²) in [4.78, 5) is 16.3. The molecule has 100 valence electrons. The molecule has 0 radical (unpaired) electrons. The minimum atomic E-state index is -0.186. The Morgan fingerprint density at radius 3 is 2.63 bits per heavy atom. The minimum absolute atomic E-state index is 0.0968. The fourth-order valence-electron chi connectivity index (χ4n) is 1.72. The lowest BCUT2D eigenvalue weighted by atomic mass is 10.1. The zero-order valence-corrected chi connectivity index (χ0v) is 12.0. The Morgan fingerprint density at radius 2 is 1.95 bits per heavy atom. The highest BCUT2D eigenvalue weighted by atomic mass is 35.5. The predicted molar refractivity (Wildman–Crippen MR) is 78.5 cm³/mol. The first-order valence-corrected chi connectivity index (χ1v) is 6.73. The molecule has 0 saturated carbocycles. The molecule has 0 aliphatic rings. The molecule has 0 bridgehead atoms. The number of fused-ring (bicyclic) bond motifs is 1. The Bertz CT molecular complexity index is 610. The Hall–Kier alpha value is -1.61. The maximum absolute atomic E-state index is 12.1. The molecule has 2 rings (SSSR count). The summed E-state index contributed by atoms with van der Waals surface area (Å²) < 4.78 is 0. The Morgan fingerprint density at radius 1 is 1.26 bits per heavy atom. The van der Waals surface area contributed by atoms with E-state index < -0.39 is 0 Å². The summed E-state index contributed by atoms with van der Waals surface area (Å²) in [6.45, 7) is 6.10. The maximum atomic E-state index is 12.1. The quantitative estimate of drug-likeness (QED) is 0.869. The Labute approximate surface area is 118 Å². The van der Waals surface area contributed by atoms with E-state index in [1.165, 1.54) is 0 Å². The van der Waals surface area contributed by atoms with Crippen LogP contribution in [0.3, 0.4) is 0 Å². The van der Waals surface area contributed by atoms with Crippen molar-refractivity contribution in [3.05, 3.63) is 41.2 Å². The van der Waals surface area contributed by atoms with Gasteiger partial charge in [0, 0.05) is 11.4 Å². The highest BCUT2D eigenvalue weighted by Gasteiger charge is 2.15. The zero-order valence-electron chi connectivity index (χ0n) is 11.3. The van der Waals surface area contributed by atoms with Crippen molar-refractivity contribution < 1.29 is 4.79 Å². The highest BCUT2D eigenvalue weighted by molar-refractivity contribution is 6.34. The van der Waals surface area contributed by atoms with E-state index in [1.54, 1.807) is 6.07 Å². The van der Waals surface area contributed by atoms with E-state index in [4.69, 9.17) is 11.6 Å². The number of rotatable bonds is 3. The summed E-state index contributed by atoms with van der Waals surface area (Å²) in [6, 6.07) is 9.49. The van der Waals surface area contributed by atoms with Gasteiger partial charge in [-0.2, -0.15) is 0 Å². The van der Waals surface area contributed by atoms with Crippen molar-refractivity contribution >= 4 is 28.3 Å². The average Bonchev–Trinajstić information content (AvgIpc) is 2.38. The molecule has 0 aliphatic carbocycles. The smallest absolute Gasteiger partial charge is 0.270 e. The summed E-state index contributed by atoms with van der Waals surface area (Å²) in [7, 11) is 0. The minimum Gasteiger partial charge on any atom is -0.348 e. The van der Waals surface area contributed by atoms with E-state index in [2.05, 4.69) is 24.1 Å². The van der Waals surface area contributed by atoms with Crippen LogP contribution in [-0.2, 0) is 0 Å². The van der Waals surface area contributed by atoms with Crippen LogP contribution in [0.5, 0.6) is 0 Å². The van der Waals surface area contributed by atoms with Gasteiger partial charge in [0.25, 0.3) is 5.91 Å². The van der Waals surface area contributed by atoms with Crippen molar-refractivity contribution in [2.75, 3.05) is 0 Å². The standard InChI is InChI=1S/C15H17ClN2O/c1-9(2)10(3)17-15(19)13-8-11-6-4-5-7-12(11)14(16)18-13/h4-10H,1-3H3,(H,17,19). The number of halogens is 1. The molecule has 1 amide bonds. The van der Waals surface area contributed by atoms with Crippen molar-refractivity contribution in [1.82, 2.24) is 10.3 Å². The molecule has 3 nitrogen and oxygen atoms in total. The van der Waals surface area contributed by atoms with Crippen molar-refractivity contribution in [3.8, 4) is 0 Å². The van der Waals surface area contributed by atoms with Crippen LogP contribution in [0.1, 0.15) is 31.3 Å². The number of amides is 1. The second-order valence-corrected chi connectivity index (χ2v) is 5.38. The van der Waals surface area contributed by atoms with Gasteiger partial charge in [-0.15, -0.1) is 0 Å². The fraction of sp³-hybridized carbons (Fsp3) is 0.333. The molecule has 0 aliphatic heterocycles. The molecule has 2 aromatic rings. The average molecular weight is 277 g/mol. The molecule has 4 heteroatoms. The van der Waals surface area contributed by atoms with Crippen LogP contribution in [0, 0.1) is 5.92 Å². The van der Waals surface area contributed by atoms with Crippen molar-refractivity contribution in [2.24, 2.45) is 5.92 Å². The zero-order chi connectivity index (χ0) is 14.0. The molecule has 19 heavy (non-hydrogen) atoms. The van der Waals surface area contributed by atoms with Gasteiger partial charge in [-0.3, -0.25) is 4.79 Å². The topological polar surface area (TPSA) is 42.0 Å². The summed E-state index contributed by atoms with van der Waals surface area (Å²) in [5.74, 6) is 0.189. The van der Waals surface area contributed by atoms with Crippen LogP contribution in [0.15, 0.2) is 30.3 Å². The summed E-state index contributed by atoms with van der Waals surface area (Å²) in [6.07, 6.45) is 0. The van der Waals surface area contributed by atoms with E-state index in [0.717, 1.165) is 10.8 Å². The first-order valence-electron chi connectivity index (χ1n) is 6.35. The van der Waals surface area contributed by atoms with Gasteiger partial charge in [-0.25, -0.2) is 4.98 Å². The molecule has 1 N–H and O–H groups in total. The number of pyridine rings is 1. The number of carbonyl (C=O) groups excluding carboxylic acids is 1. The van der Waals surface area contributed by atoms with Crippen LogP contribution < -0.4 is 5.32 Å². The largest absolute Gasteiger partial charge is 0.348 e. The van der Waals surface area contributed by atoms with Gasteiger partial charge in [0.2, 0.25) is 0 Å². The van der Waals surface area contributed by atoms with Gasteiger partial charge >= 0.3 is 0 Å². The number of nitrogens with zero attached hydrogens (tertiary/aromatic N) is 1. The lowest BCUT2D eigenvalue weighted by Crippen LogP contribution is -2.36. The molecule has 0 fully saturated rings. The van der Waals surface area contributed by atoms with E-state index in [0.29, 0.717) is 16.8 Å². The SMILES string of the molecule is CC(C)C(C)NC(=O)c1cc2ccccc2c(Cl)n1. The monoisotopic (exact) mass is 276 g/mol. The van der Waals surface area contributed by atoms with E-state index in [9.17, 15) is 4.79 Å². The third-order valence-corrected chi connectivity index (χ3v) is 3.57. The molecule has 1 atom stereocenters. The van der Waals surface area contributed by atoms with Crippen molar-refractivity contribution in [2.45, 2.75) is 26.8 Å². The molecule has 0 saturated heterocycles. The highest BCUT2D eigenvalue weighted by Crippen LogP contribution is 2.22. The van der Waals surface area contributed by atoms with E-state index >= 15 is 0 Å². The summed E-state index contributed by atoms with van der Waals surface area (Å²) in [5, 5.41) is 5.07. The molecule has 1 heterocycles. The molecule has 1 aromatic carbocycles. The second-order valence-electron chi connectivity index (χ2n) is 5.03. The van der Waals surface area contributed by atoms with Gasteiger partial charge < -0.3 is 5.32 Å². The van der Waals surface area contributed by atoms with Crippen molar-refractivity contribution in [1.29, 1.82) is 0 Å². The third-order valence-electron chi connectivity index (χ3n) is 3.29. The molecule has 1 unspecified atom stereocenters. The normalized spacial score (nSPS) is 12.7. The van der Waals surface area contributed by atoms with Gasteiger partial charge in [0.15, 0.2) is 0 Å². The Balaban J connectivity index is 2.33. The fourth-order valence-corrected chi connectivity index (χ4v) is 1.98.